The van der Waals surface area contributed by atoms with Crippen LogP contribution in [0.3, 0.4) is 0 Å². The number of fused-ring (bicyclic) bond motifs is 2. The summed E-state index contributed by atoms with van der Waals surface area (Å²) in [5.41, 5.74) is 11.7. The molecule has 6 N–H and O–H groups in total. The average molecular weight is 589 g/mol. The number of carbonyl (C=O) groups excluding carboxylic acids is 3. The Morgan fingerprint density at radius 3 is 2.52 bits per heavy atom. The van der Waals surface area contributed by atoms with Gasteiger partial charge in [-0.3, -0.25) is 9.59 Å². The number of rotatable bonds is 7. The maximum atomic E-state index is 13.9. The van der Waals surface area contributed by atoms with Crippen molar-refractivity contribution in [3.8, 4) is 11.1 Å². The van der Waals surface area contributed by atoms with E-state index in [2.05, 4.69) is 27.0 Å². The second-order valence-electron chi connectivity index (χ2n) is 11.1. The predicted molar refractivity (Wildman–Crippen MR) is 169 cm³/mol. The molecule has 1 unspecified atom stereocenters. The van der Waals surface area contributed by atoms with E-state index in [4.69, 9.17) is 5.73 Å². The smallest absolute Gasteiger partial charge is 0.318 e. The number of urea groups is 1. The second kappa shape index (κ2) is 12.7. The number of nitrogens with two attached hydrogens (primary N) is 1. The number of para-hydroxylation sites is 2. The molecule has 9 nitrogen and oxygen atoms in total. The van der Waals surface area contributed by atoms with E-state index in [0.29, 0.717) is 25.9 Å². The third-order valence-corrected chi connectivity index (χ3v) is 7.53. The van der Waals surface area contributed by atoms with Crippen molar-refractivity contribution in [1.82, 2.24) is 20.5 Å². The van der Waals surface area contributed by atoms with Crippen molar-refractivity contribution >= 4 is 46.8 Å². The third-order valence-electron chi connectivity index (χ3n) is 7.53. The molecule has 3 aromatic carbocycles. The first-order valence-electron chi connectivity index (χ1n) is 13.8. The number of hydrogen-bond donors (Lipinski definition) is 5. The normalized spacial score (nSPS) is 13.5. The van der Waals surface area contributed by atoms with Crippen LogP contribution in [0.4, 0.5) is 10.5 Å². The molecule has 0 bridgehead atoms. The number of aromatic nitrogens is 1. The summed E-state index contributed by atoms with van der Waals surface area (Å²) in [7, 11) is 1.58. The SMILES string of the molecule is CNC(=O)Nc1ccccc1-c1ccc2c(c1)CCN(C(=O)C(Cc1c[nH]c3ccccc13)NC(=O)C(C)(C)N)C2.Cl. The molecule has 0 radical (unpaired) electrons. The minimum absolute atomic E-state index is 0. The summed E-state index contributed by atoms with van der Waals surface area (Å²) >= 11 is 0. The van der Waals surface area contributed by atoms with Crippen molar-refractivity contribution in [2.75, 3.05) is 18.9 Å². The van der Waals surface area contributed by atoms with Crippen LogP contribution < -0.4 is 21.7 Å². The molecule has 1 aromatic heterocycles. The van der Waals surface area contributed by atoms with Gasteiger partial charge in [-0.15, -0.1) is 12.4 Å². The van der Waals surface area contributed by atoms with Gasteiger partial charge in [0.05, 0.1) is 11.2 Å². The molecular formula is C32H37ClN6O3. The summed E-state index contributed by atoms with van der Waals surface area (Å²) in [6.45, 7) is 4.23. The van der Waals surface area contributed by atoms with Gasteiger partial charge in [-0.2, -0.15) is 0 Å². The zero-order chi connectivity index (χ0) is 29.1. The van der Waals surface area contributed by atoms with Gasteiger partial charge in [0.2, 0.25) is 11.8 Å². The van der Waals surface area contributed by atoms with Crippen LogP contribution in [0.5, 0.6) is 0 Å². The molecule has 0 spiro atoms. The highest BCUT2D eigenvalue weighted by Crippen LogP contribution is 2.31. The van der Waals surface area contributed by atoms with Gasteiger partial charge in [0.15, 0.2) is 0 Å². The number of H-pyrrole nitrogens is 1. The minimum atomic E-state index is -1.12. The first kappa shape index (κ1) is 30.6. The summed E-state index contributed by atoms with van der Waals surface area (Å²) in [6.07, 6.45) is 2.92. The number of carbonyl (C=O) groups is 3. The lowest BCUT2D eigenvalue weighted by molar-refractivity contribution is -0.138. The second-order valence-corrected chi connectivity index (χ2v) is 11.1. The summed E-state index contributed by atoms with van der Waals surface area (Å²) in [6, 6.07) is 20.7. The van der Waals surface area contributed by atoms with Crippen LogP contribution in [0, 0.1) is 0 Å². The molecule has 4 aromatic rings. The molecule has 0 saturated carbocycles. The lowest BCUT2D eigenvalue weighted by Crippen LogP contribution is -2.57. The Morgan fingerprint density at radius 2 is 1.76 bits per heavy atom. The van der Waals surface area contributed by atoms with Gasteiger partial charge in [-0.25, -0.2) is 4.79 Å². The number of hydrogen-bond acceptors (Lipinski definition) is 4. The number of amides is 4. The summed E-state index contributed by atoms with van der Waals surface area (Å²) < 4.78 is 0. The number of nitrogens with one attached hydrogen (secondary N) is 4. The molecule has 5 rings (SSSR count). The van der Waals surface area contributed by atoms with Crippen LogP contribution in [0.1, 0.15) is 30.5 Å². The van der Waals surface area contributed by atoms with Crippen LogP contribution >= 0.6 is 12.4 Å². The van der Waals surface area contributed by atoms with Gasteiger partial charge in [-0.1, -0.05) is 54.6 Å². The number of aromatic amines is 1. The molecule has 42 heavy (non-hydrogen) atoms. The van der Waals surface area contributed by atoms with Gasteiger partial charge in [0.25, 0.3) is 0 Å². The van der Waals surface area contributed by atoms with Crippen molar-refractivity contribution in [3.05, 3.63) is 89.6 Å². The van der Waals surface area contributed by atoms with Crippen molar-refractivity contribution < 1.29 is 14.4 Å². The van der Waals surface area contributed by atoms with Gasteiger partial charge < -0.3 is 31.6 Å². The van der Waals surface area contributed by atoms with Gasteiger partial charge in [0, 0.05) is 49.2 Å². The van der Waals surface area contributed by atoms with E-state index in [1.807, 2.05) is 71.8 Å². The van der Waals surface area contributed by atoms with E-state index in [-0.39, 0.29) is 30.3 Å². The number of halogens is 1. The van der Waals surface area contributed by atoms with Gasteiger partial charge in [-0.05, 0) is 54.7 Å². The largest absolute Gasteiger partial charge is 0.361 e. The maximum Gasteiger partial charge on any atom is 0.318 e. The molecule has 1 aliphatic rings. The number of benzene rings is 3. The van der Waals surface area contributed by atoms with Crippen LogP contribution in [-0.4, -0.2) is 52.9 Å². The van der Waals surface area contributed by atoms with E-state index >= 15 is 0 Å². The quantitative estimate of drug-likeness (QED) is 0.219. The molecule has 220 valence electrons. The highest BCUT2D eigenvalue weighted by atomic mass is 35.5. The monoisotopic (exact) mass is 588 g/mol. The molecule has 1 atom stereocenters. The first-order chi connectivity index (χ1) is 19.6. The maximum absolute atomic E-state index is 13.9. The van der Waals surface area contributed by atoms with E-state index in [0.717, 1.165) is 44.4 Å². The zero-order valence-corrected chi connectivity index (χ0v) is 24.8. The molecule has 0 fully saturated rings. The Labute approximate surface area is 251 Å². The van der Waals surface area contributed by atoms with Gasteiger partial charge in [0.1, 0.15) is 6.04 Å². The highest BCUT2D eigenvalue weighted by molar-refractivity contribution is 5.95. The molecule has 10 heteroatoms. The molecular weight excluding hydrogens is 552 g/mol. The van der Waals surface area contributed by atoms with E-state index in [9.17, 15) is 14.4 Å². The molecule has 4 amide bonds. The predicted octanol–water partition coefficient (Wildman–Crippen LogP) is 4.36. The van der Waals surface area contributed by atoms with Crippen molar-refractivity contribution in [2.24, 2.45) is 5.73 Å². The Morgan fingerprint density at radius 1 is 1.02 bits per heavy atom. The van der Waals surface area contributed by atoms with Crippen LogP contribution in [0.15, 0.2) is 72.9 Å². The van der Waals surface area contributed by atoms with E-state index in [1.54, 1.807) is 20.9 Å². The molecule has 2 heterocycles. The minimum Gasteiger partial charge on any atom is -0.361 e. The van der Waals surface area contributed by atoms with Crippen LogP contribution in [0.25, 0.3) is 22.0 Å². The molecule has 1 aliphatic heterocycles. The Balaban J connectivity index is 0.00000405. The fourth-order valence-corrected chi connectivity index (χ4v) is 5.22. The lowest BCUT2D eigenvalue weighted by Gasteiger charge is -2.33. The van der Waals surface area contributed by atoms with Crippen molar-refractivity contribution in [1.29, 1.82) is 0 Å². The fraction of sp³-hybridized carbons (Fsp3) is 0.281. The average Bonchev–Trinajstić information content (AvgIpc) is 3.38. The lowest BCUT2D eigenvalue weighted by atomic mass is 9.93. The van der Waals surface area contributed by atoms with Crippen molar-refractivity contribution in [3.63, 3.8) is 0 Å². The molecule has 0 saturated heterocycles. The van der Waals surface area contributed by atoms with E-state index in [1.165, 1.54) is 0 Å². The van der Waals surface area contributed by atoms with E-state index < -0.39 is 11.6 Å². The number of anilines is 1. The number of nitrogens with zero attached hydrogens (tertiary/aromatic N) is 1. The Bertz CT molecular complexity index is 1610. The summed E-state index contributed by atoms with van der Waals surface area (Å²) in [5, 5.41) is 9.42. The zero-order valence-electron chi connectivity index (χ0n) is 24.0. The van der Waals surface area contributed by atoms with Crippen LogP contribution in [-0.2, 0) is 29.0 Å². The Hall–Kier alpha value is -4.34. The molecule has 0 aliphatic carbocycles. The third kappa shape index (κ3) is 6.58. The van der Waals surface area contributed by atoms with Crippen molar-refractivity contribution in [2.45, 2.75) is 44.8 Å². The standard InChI is InChI=1S/C32H36N6O3.ClH/c1-32(2,33)30(40)36-28(17-23-18-35-26-10-6-4-9-25(23)26)29(39)38-15-14-20-16-21(12-13-22(20)19-38)24-8-5-7-11-27(24)37-31(41)34-3;/h4-13,16,18,28,35H,14-15,17,19,33H2,1-3H3,(H,36,40)(H2,34,37,41);1H. The van der Waals surface area contributed by atoms with Crippen LogP contribution in [0.2, 0.25) is 0 Å². The summed E-state index contributed by atoms with van der Waals surface area (Å²) in [4.78, 5) is 43.8. The summed E-state index contributed by atoms with van der Waals surface area (Å²) in [5.74, 6) is -0.510. The van der Waals surface area contributed by atoms with Gasteiger partial charge >= 0.3 is 6.03 Å². The fourth-order valence-electron chi connectivity index (χ4n) is 5.22. The topological polar surface area (TPSA) is 132 Å². The highest BCUT2D eigenvalue weighted by Gasteiger charge is 2.32. The Kier molecular flexibility index (Phi) is 9.23. The first-order valence-corrected chi connectivity index (χ1v) is 13.8.